The number of nitrogens with one attached hydrogen (secondary N) is 2. The molecule has 0 aromatic heterocycles. The summed E-state index contributed by atoms with van der Waals surface area (Å²) in [5, 5.41) is 9.93. The van der Waals surface area contributed by atoms with Crippen molar-refractivity contribution in [2.75, 3.05) is 13.1 Å². The van der Waals surface area contributed by atoms with Crippen molar-refractivity contribution in [2.45, 2.75) is 12.8 Å². The molecule has 0 saturated carbocycles. The smallest absolute Gasteiger partial charge is 0.212 e. The van der Waals surface area contributed by atoms with Crippen LogP contribution in [0, 0.1) is 0 Å². The molecule has 0 spiro atoms. The van der Waals surface area contributed by atoms with Gasteiger partial charge in [0, 0.05) is 13.1 Å². The molecule has 21 heavy (non-hydrogen) atoms. The number of hydrogen-bond acceptors (Lipinski definition) is 4. The van der Waals surface area contributed by atoms with Crippen molar-refractivity contribution in [3.8, 4) is 0 Å². The van der Waals surface area contributed by atoms with Crippen molar-refractivity contribution >= 4 is 46.9 Å². The highest BCUT2D eigenvalue weighted by Gasteiger charge is 2.00. The summed E-state index contributed by atoms with van der Waals surface area (Å²) in [6.07, 6.45) is 4.11. The van der Waals surface area contributed by atoms with Crippen molar-refractivity contribution in [3.63, 3.8) is 0 Å². The van der Waals surface area contributed by atoms with Crippen molar-refractivity contribution in [1.29, 1.82) is 0 Å². The normalized spacial score (nSPS) is 15.0. The summed E-state index contributed by atoms with van der Waals surface area (Å²) in [4.78, 5) is 4.38. The molecule has 4 nitrogen and oxygen atoms in total. The lowest BCUT2D eigenvalue weighted by Gasteiger charge is -2.04. The second-order valence-electron chi connectivity index (χ2n) is 4.84. The molecule has 0 radical (unpaired) electrons. The maximum absolute atomic E-state index is 4.38. The Kier molecular flexibility index (Phi) is 5.98. The van der Waals surface area contributed by atoms with Crippen LogP contribution in [0.1, 0.15) is 18.4 Å². The van der Waals surface area contributed by atoms with E-state index in [4.69, 9.17) is 0 Å². The summed E-state index contributed by atoms with van der Waals surface area (Å²) in [5.74, 6) is 0.763. The summed E-state index contributed by atoms with van der Waals surface area (Å²) < 4.78 is 0. The van der Waals surface area contributed by atoms with Gasteiger partial charge in [-0.2, -0.15) is 5.10 Å². The maximum atomic E-state index is 4.38. The summed E-state index contributed by atoms with van der Waals surface area (Å²) in [5.41, 5.74) is 4.04. The fraction of sp³-hybridized carbons (Fsp3) is 0.250. The van der Waals surface area contributed by atoms with Gasteiger partial charge in [-0.25, -0.2) is 5.43 Å². The highest BCUT2D eigenvalue weighted by molar-refractivity contribution is 14.0. The average molecular weight is 394 g/mol. The van der Waals surface area contributed by atoms with E-state index in [2.05, 4.69) is 51.2 Å². The zero-order valence-corrected chi connectivity index (χ0v) is 14.1. The molecule has 0 aliphatic carbocycles. The molecule has 1 heterocycles. The third-order valence-corrected chi connectivity index (χ3v) is 3.30. The molecule has 2 aromatic rings. The number of benzene rings is 2. The largest absolute Gasteiger partial charge is 0.355 e. The Balaban J connectivity index is 0.00000161. The molecule has 0 fully saturated rings. The molecule has 3 rings (SSSR count). The third kappa shape index (κ3) is 4.42. The highest BCUT2D eigenvalue weighted by atomic mass is 127. The number of rotatable bonds is 2. The topological polar surface area (TPSA) is 48.8 Å². The molecule has 0 unspecified atom stereocenters. The molecular formula is C16H19IN4. The van der Waals surface area contributed by atoms with Crippen LogP contribution in [-0.4, -0.2) is 25.3 Å². The number of aliphatic imine (C=N–C) groups is 1. The van der Waals surface area contributed by atoms with Gasteiger partial charge in [0.05, 0.1) is 6.21 Å². The molecule has 110 valence electrons. The molecule has 1 aliphatic heterocycles. The second-order valence-corrected chi connectivity index (χ2v) is 4.84. The van der Waals surface area contributed by atoms with Gasteiger partial charge < -0.3 is 5.32 Å². The van der Waals surface area contributed by atoms with Crippen LogP contribution in [0.15, 0.2) is 52.6 Å². The van der Waals surface area contributed by atoms with Crippen LogP contribution in [0.2, 0.25) is 0 Å². The van der Waals surface area contributed by atoms with Gasteiger partial charge in [0.25, 0.3) is 0 Å². The minimum absolute atomic E-state index is 0. The minimum atomic E-state index is 0. The molecule has 2 aromatic carbocycles. The van der Waals surface area contributed by atoms with Gasteiger partial charge in [0.1, 0.15) is 0 Å². The molecule has 5 heteroatoms. The van der Waals surface area contributed by atoms with Crippen LogP contribution in [0.25, 0.3) is 10.8 Å². The standard InChI is InChI=1S/C16H18N4.HI/c1-2-6-15-11-13(7-8-14(15)5-1)12-19-20-16-17-9-3-4-10-18-16;/h1-2,5-8,11-12H,3-4,9-10H2,(H2,17,18,20);1H/b19-12+;. The van der Waals surface area contributed by atoms with Crippen molar-refractivity contribution in [3.05, 3.63) is 48.0 Å². The first-order valence-corrected chi connectivity index (χ1v) is 6.98. The maximum Gasteiger partial charge on any atom is 0.212 e. The van der Waals surface area contributed by atoms with E-state index in [1.807, 2.05) is 18.3 Å². The third-order valence-electron chi connectivity index (χ3n) is 3.30. The van der Waals surface area contributed by atoms with E-state index in [-0.39, 0.29) is 24.0 Å². The zero-order valence-electron chi connectivity index (χ0n) is 11.7. The Bertz CT molecular complexity index is 652. The minimum Gasteiger partial charge on any atom is -0.355 e. The van der Waals surface area contributed by atoms with E-state index in [9.17, 15) is 0 Å². The number of fused-ring (bicyclic) bond motifs is 1. The van der Waals surface area contributed by atoms with Gasteiger partial charge in [-0.05, 0) is 35.2 Å². The first-order chi connectivity index (χ1) is 9.92. The van der Waals surface area contributed by atoms with Crippen LogP contribution in [-0.2, 0) is 0 Å². The van der Waals surface area contributed by atoms with Crippen LogP contribution in [0.4, 0.5) is 0 Å². The molecular weight excluding hydrogens is 375 g/mol. The predicted molar refractivity (Wildman–Crippen MR) is 99.6 cm³/mol. The van der Waals surface area contributed by atoms with Crippen molar-refractivity contribution in [1.82, 2.24) is 10.7 Å². The molecule has 0 bridgehead atoms. The molecule has 2 N–H and O–H groups in total. The quantitative estimate of drug-likeness (QED) is 0.467. The van der Waals surface area contributed by atoms with E-state index in [0.717, 1.165) is 37.5 Å². The Morgan fingerprint density at radius 2 is 1.95 bits per heavy atom. The fourth-order valence-electron chi connectivity index (χ4n) is 2.22. The van der Waals surface area contributed by atoms with Crippen molar-refractivity contribution < 1.29 is 0 Å². The van der Waals surface area contributed by atoms with Gasteiger partial charge in [0.2, 0.25) is 5.96 Å². The average Bonchev–Trinajstić information content (AvgIpc) is 2.76. The van der Waals surface area contributed by atoms with Gasteiger partial charge in [-0.15, -0.1) is 24.0 Å². The lowest BCUT2D eigenvalue weighted by molar-refractivity contribution is 0.745. The molecule has 1 aliphatic rings. The summed E-state index contributed by atoms with van der Waals surface area (Å²) in [7, 11) is 0. The van der Waals surface area contributed by atoms with Crippen LogP contribution < -0.4 is 10.7 Å². The second kappa shape index (κ2) is 7.97. The Morgan fingerprint density at radius 3 is 2.86 bits per heavy atom. The van der Waals surface area contributed by atoms with Gasteiger partial charge in [0.15, 0.2) is 0 Å². The van der Waals surface area contributed by atoms with Gasteiger partial charge in [-0.1, -0.05) is 36.4 Å². The fourth-order valence-corrected chi connectivity index (χ4v) is 2.22. The van der Waals surface area contributed by atoms with E-state index < -0.39 is 0 Å². The summed E-state index contributed by atoms with van der Waals surface area (Å²) >= 11 is 0. The molecule has 0 atom stereocenters. The first-order valence-electron chi connectivity index (χ1n) is 6.98. The summed E-state index contributed by atoms with van der Waals surface area (Å²) in [6, 6.07) is 14.6. The molecule has 0 amide bonds. The van der Waals surface area contributed by atoms with Crippen LogP contribution in [0.3, 0.4) is 0 Å². The summed E-state index contributed by atoms with van der Waals surface area (Å²) in [6.45, 7) is 1.82. The van der Waals surface area contributed by atoms with E-state index in [1.54, 1.807) is 0 Å². The van der Waals surface area contributed by atoms with Gasteiger partial charge >= 0.3 is 0 Å². The van der Waals surface area contributed by atoms with Gasteiger partial charge in [-0.3, -0.25) is 4.99 Å². The van der Waals surface area contributed by atoms with Crippen molar-refractivity contribution in [2.24, 2.45) is 10.1 Å². The number of halogens is 1. The number of hydrogen-bond donors (Lipinski definition) is 2. The first kappa shape index (κ1) is 15.8. The van der Waals surface area contributed by atoms with Crippen LogP contribution in [0.5, 0.6) is 0 Å². The Labute approximate surface area is 141 Å². The van der Waals surface area contributed by atoms with E-state index in [1.165, 1.54) is 10.8 Å². The zero-order chi connectivity index (χ0) is 13.6. The predicted octanol–water partition coefficient (Wildman–Crippen LogP) is 3.12. The van der Waals surface area contributed by atoms with E-state index >= 15 is 0 Å². The SMILES string of the molecule is C(=N\NC1=NCCCCN1)/c1ccc2ccccc2c1.I. The molecule has 0 saturated heterocycles. The lowest BCUT2D eigenvalue weighted by Crippen LogP contribution is -2.33. The monoisotopic (exact) mass is 394 g/mol. The number of hydrazone groups is 1. The number of guanidine groups is 1. The van der Waals surface area contributed by atoms with E-state index in [0.29, 0.717) is 0 Å². The lowest BCUT2D eigenvalue weighted by atomic mass is 10.1. The van der Waals surface area contributed by atoms with Crippen LogP contribution >= 0.6 is 24.0 Å². The Morgan fingerprint density at radius 1 is 1.10 bits per heavy atom. The Hall–Kier alpha value is -1.63. The number of nitrogens with zero attached hydrogens (tertiary/aromatic N) is 2. The highest BCUT2D eigenvalue weighted by Crippen LogP contribution is 2.14.